The van der Waals surface area contributed by atoms with E-state index in [0.717, 1.165) is 42.5 Å². The van der Waals surface area contributed by atoms with Crippen LogP contribution in [0.4, 0.5) is 5.69 Å². The Hall–Kier alpha value is -2.05. The molecule has 0 saturated heterocycles. The largest absolute Gasteiger partial charge is 0.483 e. The first kappa shape index (κ1) is 22.2. The summed E-state index contributed by atoms with van der Waals surface area (Å²) >= 11 is 0. The standard InChI is InChI=1S/C25H35NO5/c1-15(2)14-20(28)30-24-23(29-17-8-6-5-7-9-17)21-18(31-25(24,3)4)12-10-16-11-13-19(27)26-22(16)21/h10-13,15,17,19,23-24,26-27H,5-9,14H2,1-4H3. The maximum absolute atomic E-state index is 12.7. The lowest BCUT2D eigenvalue weighted by Crippen LogP contribution is -2.52. The number of carbonyl (C=O) groups excluding carboxylic acids is 1. The van der Waals surface area contributed by atoms with Crippen LogP contribution in [0.5, 0.6) is 5.75 Å². The van der Waals surface area contributed by atoms with Crippen LogP contribution in [0.3, 0.4) is 0 Å². The molecule has 0 radical (unpaired) electrons. The average molecular weight is 430 g/mol. The number of carbonyl (C=O) groups is 1. The number of ether oxygens (including phenoxy) is 3. The summed E-state index contributed by atoms with van der Waals surface area (Å²) < 4.78 is 19.1. The van der Waals surface area contributed by atoms with Gasteiger partial charge in [0.1, 0.15) is 23.7 Å². The highest BCUT2D eigenvalue weighted by Gasteiger charge is 2.49. The van der Waals surface area contributed by atoms with Crippen molar-refractivity contribution in [2.24, 2.45) is 5.92 Å². The monoisotopic (exact) mass is 429 g/mol. The van der Waals surface area contributed by atoms with Gasteiger partial charge in [-0.3, -0.25) is 4.79 Å². The van der Waals surface area contributed by atoms with Gasteiger partial charge in [-0.05, 0) is 56.4 Å². The molecule has 0 spiro atoms. The second kappa shape index (κ2) is 8.83. The first-order valence-electron chi connectivity index (χ1n) is 11.6. The van der Waals surface area contributed by atoms with Crippen LogP contribution in [0.15, 0.2) is 18.2 Å². The zero-order chi connectivity index (χ0) is 22.2. The van der Waals surface area contributed by atoms with Crippen LogP contribution < -0.4 is 10.1 Å². The molecule has 1 aliphatic carbocycles. The first-order valence-corrected chi connectivity index (χ1v) is 11.6. The minimum absolute atomic E-state index is 0.117. The van der Waals surface area contributed by atoms with Crippen molar-refractivity contribution in [2.45, 2.75) is 96.4 Å². The van der Waals surface area contributed by atoms with Gasteiger partial charge in [0.05, 0.1) is 17.4 Å². The highest BCUT2D eigenvalue weighted by molar-refractivity contribution is 5.77. The van der Waals surface area contributed by atoms with Crippen molar-refractivity contribution in [1.82, 2.24) is 0 Å². The predicted molar refractivity (Wildman–Crippen MR) is 120 cm³/mol. The van der Waals surface area contributed by atoms with Gasteiger partial charge in [-0.2, -0.15) is 0 Å². The van der Waals surface area contributed by atoms with E-state index in [1.54, 1.807) is 6.08 Å². The molecular weight excluding hydrogens is 394 g/mol. The molecular formula is C25H35NO5. The molecule has 3 aliphatic rings. The van der Waals surface area contributed by atoms with Crippen LogP contribution in [0.2, 0.25) is 0 Å². The Balaban J connectivity index is 1.75. The Morgan fingerprint density at radius 1 is 1.26 bits per heavy atom. The minimum atomic E-state index is -0.786. The van der Waals surface area contributed by atoms with E-state index < -0.39 is 24.0 Å². The number of anilines is 1. The summed E-state index contributed by atoms with van der Waals surface area (Å²) in [6, 6.07) is 3.92. The van der Waals surface area contributed by atoms with E-state index in [4.69, 9.17) is 14.2 Å². The van der Waals surface area contributed by atoms with Crippen LogP contribution in [-0.2, 0) is 14.3 Å². The lowest BCUT2D eigenvalue weighted by molar-refractivity contribution is -0.193. The van der Waals surface area contributed by atoms with Crippen LogP contribution in [-0.4, -0.2) is 35.1 Å². The van der Waals surface area contributed by atoms with Crippen molar-refractivity contribution in [1.29, 1.82) is 0 Å². The SMILES string of the molecule is CC(C)CC(=O)OC1C(OC2CCCCC2)c2c(ccc3c2NC(O)C=C3)OC1(C)C. The molecule has 31 heavy (non-hydrogen) atoms. The van der Waals surface area contributed by atoms with Gasteiger partial charge in [0.2, 0.25) is 0 Å². The molecule has 0 amide bonds. The van der Waals surface area contributed by atoms with Gasteiger partial charge in [-0.15, -0.1) is 0 Å². The van der Waals surface area contributed by atoms with Crippen molar-refractivity contribution >= 4 is 17.7 Å². The first-order chi connectivity index (χ1) is 14.7. The molecule has 4 rings (SSSR count). The van der Waals surface area contributed by atoms with E-state index in [-0.39, 0.29) is 18.0 Å². The van der Waals surface area contributed by atoms with Crippen molar-refractivity contribution in [2.75, 3.05) is 5.32 Å². The lowest BCUT2D eigenvalue weighted by atomic mass is 9.85. The fraction of sp³-hybridized carbons (Fsp3) is 0.640. The average Bonchev–Trinajstić information content (AvgIpc) is 2.70. The Labute approximate surface area is 185 Å². The summed E-state index contributed by atoms with van der Waals surface area (Å²) in [6.07, 6.45) is 7.76. The second-order valence-electron chi connectivity index (χ2n) is 9.92. The van der Waals surface area contributed by atoms with Gasteiger partial charge in [0.15, 0.2) is 6.10 Å². The summed E-state index contributed by atoms with van der Waals surface area (Å²) in [4.78, 5) is 12.7. The third kappa shape index (κ3) is 4.75. The van der Waals surface area contributed by atoms with E-state index >= 15 is 0 Å². The maximum atomic E-state index is 12.7. The number of esters is 1. The topological polar surface area (TPSA) is 77.0 Å². The number of fused-ring (bicyclic) bond motifs is 3. The summed E-state index contributed by atoms with van der Waals surface area (Å²) in [6.45, 7) is 7.90. The molecule has 1 fully saturated rings. The number of aliphatic hydroxyl groups excluding tert-OH is 1. The molecule has 2 N–H and O–H groups in total. The molecule has 170 valence electrons. The number of hydrogen-bond donors (Lipinski definition) is 2. The van der Waals surface area contributed by atoms with Gasteiger partial charge in [0.25, 0.3) is 0 Å². The van der Waals surface area contributed by atoms with E-state index in [2.05, 4.69) is 5.32 Å². The van der Waals surface area contributed by atoms with Crippen molar-refractivity contribution in [3.8, 4) is 5.75 Å². The van der Waals surface area contributed by atoms with Gasteiger partial charge in [-0.25, -0.2) is 0 Å². The van der Waals surface area contributed by atoms with Crippen LogP contribution in [0.25, 0.3) is 6.08 Å². The molecule has 3 unspecified atom stereocenters. The Bertz CT molecular complexity index is 841. The number of nitrogens with one attached hydrogen (secondary N) is 1. The van der Waals surface area contributed by atoms with E-state index in [1.807, 2.05) is 45.9 Å². The molecule has 0 bridgehead atoms. The maximum Gasteiger partial charge on any atom is 0.306 e. The molecule has 1 aromatic rings. The molecule has 1 aromatic carbocycles. The van der Waals surface area contributed by atoms with Crippen LogP contribution >= 0.6 is 0 Å². The molecule has 2 heterocycles. The second-order valence-corrected chi connectivity index (χ2v) is 9.92. The highest BCUT2D eigenvalue weighted by atomic mass is 16.6. The van der Waals surface area contributed by atoms with Crippen LogP contribution in [0, 0.1) is 5.92 Å². The van der Waals surface area contributed by atoms with E-state index in [1.165, 1.54) is 6.42 Å². The van der Waals surface area contributed by atoms with Gasteiger partial charge in [0, 0.05) is 6.42 Å². The minimum Gasteiger partial charge on any atom is -0.483 e. The smallest absolute Gasteiger partial charge is 0.306 e. The summed E-state index contributed by atoms with van der Waals surface area (Å²) in [7, 11) is 0. The molecule has 6 heteroatoms. The summed E-state index contributed by atoms with van der Waals surface area (Å²) in [5.41, 5.74) is 1.81. The number of hydrogen-bond acceptors (Lipinski definition) is 6. The lowest BCUT2D eigenvalue weighted by Gasteiger charge is -2.46. The highest BCUT2D eigenvalue weighted by Crippen LogP contribution is 2.49. The summed E-state index contributed by atoms with van der Waals surface area (Å²) in [5.74, 6) is 0.672. The van der Waals surface area contributed by atoms with Gasteiger partial charge in [-0.1, -0.05) is 39.2 Å². The Morgan fingerprint density at radius 3 is 2.71 bits per heavy atom. The third-order valence-electron chi connectivity index (χ3n) is 6.33. The number of rotatable bonds is 5. The van der Waals surface area contributed by atoms with Gasteiger partial charge < -0.3 is 24.6 Å². The molecule has 3 atom stereocenters. The van der Waals surface area contributed by atoms with E-state index in [9.17, 15) is 9.90 Å². The number of aliphatic hydroxyl groups is 1. The fourth-order valence-corrected chi connectivity index (χ4v) is 4.81. The Kier molecular flexibility index (Phi) is 6.31. The summed E-state index contributed by atoms with van der Waals surface area (Å²) in [5, 5.41) is 13.4. The van der Waals surface area contributed by atoms with Gasteiger partial charge >= 0.3 is 5.97 Å². The zero-order valence-corrected chi connectivity index (χ0v) is 19.0. The molecule has 0 aromatic heterocycles. The van der Waals surface area contributed by atoms with Crippen molar-refractivity contribution in [3.63, 3.8) is 0 Å². The number of benzene rings is 1. The van der Waals surface area contributed by atoms with Crippen molar-refractivity contribution in [3.05, 3.63) is 29.3 Å². The molecule has 1 saturated carbocycles. The third-order valence-corrected chi connectivity index (χ3v) is 6.33. The quantitative estimate of drug-likeness (QED) is 0.644. The van der Waals surface area contributed by atoms with E-state index in [0.29, 0.717) is 12.2 Å². The Morgan fingerprint density at radius 2 is 2.00 bits per heavy atom. The normalized spacial score (nSPS) is 27.1. The van der Waals surface area contributed by atoms with Crippen LogP contribution in [0.1, 0.15) is 83.5 Å². The zero-order valence-electron chi connectivity index (χ0n) is 19.0. The molecule has 2 aliphatic heterocycles. The molecule has 6 nitrogen and oxygen atoms in total. The fourth-order valence-electron chi connectivity index (χ4n) is 4.81. The predicted octanol–water partition coefficient (Wildman–Crippen LogP) is 4.96. The van der Waals surface area contributed by atoms with Crippen molar-refractivity contribution < 1.29 is 24.1 Å².